The lowest BCUT2D eigenvalue weighted by Crippen LogP contribution is -2.39. The summed E-state index contributed by atoms with van der Waals surface area (Å²) >= 11 is 1.47. The lowest BCUT2D eigenvalue weighted by Gasteiger charge is -2.34. The topological polar surface area (TPSA) is 81.4 Å². The molecule has 33 heavy (non-hydrogen) atoms. The summed E-state index contributed by atoms with van der Waals surface area (Å²) in [6.45, 7) is 0.657. The van der Waals surface area contributed by atoms with Gasteiger partial charge in [-0.25, -0.2) is 4.98 Å². The van der Waals surface area contributed by atoms with Gasteiger partial charge in [-0.3, -0.25) is 14.8 Å². The first-order chi connectivity index (χ1) is 16.2. The normalized spacial score (nSPS) is 16.0. The predicted molar refractivity (Wildman–Crippen MR) is 125 cm³/mol. The summed E-state index contributed by atoms with van der Waals surface area (Å²) in [7, 11) is 1.66. The minimum absolute atomic E-state index is 0.0549. The number of carbonyl (C=O) groups excluding carboxylic acids is 1. The first-order valence-electron chi connectivity index (χ1n) is 11.0. The number of thiazole rings is 1. The Morgan fingerprint density at radius 1 is 1.18 bits per heavy atom. The molecule has 1 amide bonds. The highest BCUT2D eigenvalue weighted by Gasteiger charge is 2.33. The molecular weight excluding hydrogens is 436 g/mol. The number of piperidine rings is 1. The van der Waals surface area contributed by atoms with Gasteiger partial charge in [0.2, 0.25) is 5.89 Å². The monoisotopic (exact) mass is 460 g/mol. The maximum absolute atomic E-state index is 13.7. The molecule has 4 heterocycles. The van der Waals surface area contributed by atoms with Crippen molar-refractivity contribution in [2.45, 2.75) is 31.7 Å². The molecule has 4 aromatic rings. The van der Waals surface area contributed by atoms with Crippen molar-refractivity contribution < 1.29 is 13.9 Å². The van der Waals surface area contributed by atoms with Gasteiger partial charge in [0, 0.05) is 30.9 Å². The first-order valence-corrected chi connectivity index (χ1v) is 11.8. The zero-order valence-electron chi connectivity index (χ0n) is 18.3. The van der Waals surface area contributed by atoms with E-state index in [0.29, 0.717) is 30.1 Å². The number of para-hydroxylation sites is 1. The van der Waals surface area contributed by atoms with Crippen LogP contribution in [0.15, 0.2) is 64.9 Å². The van der Waals surface area contributed by atoms with Crippen LogP contribution in [0.5, 0.6) is 5.75 Å². The molecule has 168 valence electrons. The van der Waals surface area contributed by atoms with Crippen LogP contribution in [0.1, 0.15) is 52.9 Å². The van der Waals surface area contributed by atoms with E-state index in [0.717, 1.165) is 41.2 Å². The van der Waals surface area contributed by atoms with E-state index in [9.17, 15) is 4.79 Å². The van der Waals surface area contributed by atoms with E-state index in [1.54, 1.807) is 37.3 Å². The molecule has 1 atom stereocenters. The van der Waals surface area contributed by atoms with Crippen LogP contribution in [0.2, 0.25) is 0 Å². The number of nitrogens with zero attached hydrogens (tertiary/aromatic N) is 4. The van der Waals surface area contributed by atoms with E-state index in [2.05, 4.69) is 15.0 Å². The Morgan fingerprint density at radius 2 is 2.09 bits per heavy atom. The number of rotatable bonds is 6. The highest BCUT2D eigenvalue weighted by atomic mass is 32.1. The highest BCUT2D eigenvalue weighted by molar-refractivity contribution is 7.13. The van der Waals surface area contributed by atoms with Crippen LogP contribution in [0.3, 0.4) is 0 Å². The van der Waals surface area contributed by atoms with Gasteiger partial charge in [-0.05, 0) is 37.5 Å². The molecule has 1 saturated heterocycles. The van der Waals surface area contributed by atoms with Crippen LogP contribution in [0.4, 0.5) is 0 Å². The smallest absolute Gasteiger partial charge is 0.256 e. The molecule has 1 aliphatic rings. The van der Waals surface area contributed by atoms with Crippen LogP contribution >= 0.6 is 11.3 Å². The number of carbonyl (C=O) groups is 1. The molecule has 0 spiro atoms. The molecule has 1 fully saturated rings. The van der Waals surface area contributed by atoms with E-state index in [1.807, 2.05) is 35.2 Å². The molecule has 0 saturated carbocycles. The van der Waals surface area contributed by atoms with E-state index in [4.69, 9.17) is 9.15 Å². The quantitative estimate of drug-likeness (QED) is 0.395. The third-order valence-electron chi connectivity index (χ3n) is 5.88. The van der Waals surface area contributed by atoms with Gasteiger partial charge >= 0.3 is 0 Å². The van der Waals surface area contributed by atoms with Gasteiger partial charge in [-0.15, -0.1) is 11.3 Å². The molecule has 1 aromatic carbocycles. The molecule has 8 heteroatoms. The number of methoxy groups -OCH3 is 1. The largest absolute Gasteiger partial charge is 0.496 e. The second-order valence-electron chi connectivity index (χ2n) is 7.93. The number of hydrogen-bond acceptors (Lipinski definition) is 7. The van der Waals surface area contributed by atoms with Gasteiger partial charge in [0.15, 0.2) is 0 Å². The molecule has 7 nitrogen and oxygen atoms in total. The van der Waals surface area contributed by atoms with Gasteiger partial charge in [0.05, 0.1) is 35.0 Å². The summed E-state index contributed by atoms with van der Waals surface area (Å²) < 4.78 is 11.6. The fourth-order valence-corrected chi connectivity index (χ4v) is 4.92. The van der Waals surface area contributed by atoms with Crippen molar-refractivity contribution in [3.8, 4) is 16.3 Å². The van der Waals surface area contributed by atoms with Crippen molar-refractivity contribution in [1.82, 2.24) is 19.9 Å². The van der Waals surface area contributed by atoms with Gasteiger partial charge < -0.3 is 14.1 Å². The zero-order chi connectivity index (χ0) is 22.6. The summed E-state index contributed by atoms with van der Waals surface area (Å²) in [5.41, 5.74) is 4.02. The molecule has 0 aliphatic carbocycles. The standard InChI is InChI=1S/C25H24N4O3S/c1-31-21-10-3-2-7-17(21)13-18-14-28-24(32-18)20-9-4-5-12-29(20)25(30)19-8-6-11-27-23(19)22-15-26-16-33-22/h2-3,6-8,10-11,14-16,20H,4-5,9,12-13H2,1H3. The highest BCUT2D eigenvalue weighted by Crippen LogP contribution is 2.34. The van der Waals surface area contributed by atoms with Crippen molar-refractivity contribution in [2.75, 3.05) is 13.7 Å². The molecule has 1 aliphatic heterocycles. The van der Waals surface area contributed by atoms with Crippen molar-refractivity contribution >= 4 is 17.2 Å². The van der Waals surface area contributed by atoms with Gasteiger partial charge in [0.25, 0.3) is 5.91 Å². The molecule has 1 unspecified atom stereocenters. The van der Waals surface area contributed by atoms with Crippen LogP contribution in [-0.2, 0) is 6.42 Å². The Bertz CT molecular complexity index is 1240. The van der Waals surface area contributed by atoms with Crippen molar-refractivity contribution in [3.63, 3.8) is 0 Å². The number of pyridine rings is 1. The lowest BCUT2D eigenvalue weighted by atomic mass is 10.00. The summed E-state index contributed by atoms with van der Waals surface area (Å²) in [5.74, 6) is 2.09. The molecular formula is C25H24N4O3S. The van der Waals surface area contributed by atoms with Gasteiger partial charge in [-0.1, -0.05) is 18.2 Å². The third kappa shape index (κ3) is 4.39. The Morgan fingerprint density at radius 3 is 2.94 bits per heavy atom. The number of amides is 1. The van der Waals surface area contributed by atoms with Crippen LogP contribution < -0.4 is 4.74 Å². The van der Waals surface area contributed by atoms with E-state index >= 15 is 0 Å². The van der Waals surface area contributed by atoms with E-state index in [1.165, 1.54) is 11.3 Å². The zero-order valence-corrected chi connectivity index (χ0v) is 19.1. The van der Waals surface area contributed by atoms with Crippen molar-refractivity contribution in [3.05, 3.63) is 83.3 Å². The summed E-state index contributed by atoms with van der Waals surface area (Å²) in [6, 6.07) is 11.3. The fourth-order valence-electron chi connectivity index (χ4n) is 4.29. The number of benzene rings is 1. The maximum atomic E-state index is 13.7. The molecule has 0 bridgehead atoms. The Hall–Kier alpha value is -3.52. The van der Waals surface area contributed by atoms with E-state index in [-0.39, 0.29) is 11.9 Å². The molecule has 5 rings (SSSR count). The van der Waals surface area contributed by atoms with Crippen LogP contribution in [0.25, 0.3) is 10.6 Å². The minimum atomic E-state index is -0.202. The summed E-state index contributed by atoms with van der Waals surface area (Å²) in [6.07, 6.45) is 8.58. The summed E-state index contributed by atoms with van der Waals surface area (Å²) in [5, 5.41) is 0. The second-order valence-corrected chi connectivity index (χ2v) is 8.82. The maximum Gasteiger partial charge on any atom is 0.256 e. The Labute approximate surface area is 196 Å². The second kappa shape index (κ2) is 9.54. The number of oxazole rings is 1. The lowest BCUT2D eigenvalue weighted by molar-refractivity contribution is 0.0570. The van der Waals surface area contributed by atoms with E-state index < -0.39 is 0 Å². The van der Waals surface area contributed by atoms with Gasteiger partial charge in [0.1, 0.15) is 17.6 Å². The average Bonchev–Trinajstić information content (AvgIpc) is 3.57. The first kappa shape index (κ1) is 21.3. The number of hydrogen-bond donors (Lipinski definition) is 0. The SMILES string of the molecule is COc1ccccc1Cc1cnc(C2CCCCN2C(=O)c2cccnc2-c2cncs2)o1. The van der Waals surface area contributed by atoms with Crippen LogP contribution in [0, 0.1) is 0 Å². The number of likely N-dealkylation sites (tertiary alicyclic amines) is 1. The van der Waals surface area contributed by atoms with Crippen molar-refractivity contribution in [1.29, 1.82) is 0 Å². The number of aromatic nitrogens is 3. The third-order valence-corrected chi connectivity index (χ3v) is 6.66. The Balaban J connectivity index is 1.41. The minimum Gasteiger partial charge on any atom is -0.496 e. The Kier molecular flexibility index (Phi) is 6.17. The number of ether oxygens (including phenoxy) is 1. The van der Waals surface area contributed by atoms with Crippen molar-refractivity contribution in [2.24, 2.45) is 0 Å². The fraction of sp³-hybridized carbons (Fsp3) is 0.280. The van der Waals surface area contributed by atoms with Gasteiger partial charge in [-0.2, -0.15) is 0 Å². The predicted octanol–water partition coefficient (Wildman–Crippen LogP) is 5.16. The van der Waals surface area contributed by atoms with Crippen LogP contribution in [-0.4, -0.2) is 39.4 Å². The average molecular weight is 461 g/mol. The molecule has 0 N–H and O–H groups in total. The molecule has 3 aromatic heterocycles. The summed E-state index contributed by atoms with van der Waals surface area (Å²) in [4.78, 5) is 29.6. The molecule has 0 radical (unpaired) electrons.